The lowest BCUT2D eigenvalue weighted by Crippen LogP contribution is -2.36. The van der Waals surface area contributed by atoms with E-state index in [4.69, 9.17) is 20.8 Å². The van der Waals surface area contributed by atoms with Gasteiger partial charge in [0.25, 0.3) is 11.1 Å². The third-order valence-corrected chi connectivity index (χ3v) is 6.76. The van der Waals surface area contributed by atoms with Gasteiger partial charge in [-0.1, -0.05) is 17.7 Å². The summed E-state index contributed by atoms with van der Waals surface area (Å²) in [4.78, 5) is 50.6. The van der Waals surface area contributed by atoms with E-state index in [-0.39, 0.29) is 15.5 Å². The van der Waals surface area contributed by atoms with Gasteiger partial charge in [-0.25, -0.2) is 4.79 Å². The fourth-order valence-corrected chi connectivity index (χ4v) is 4.47. The number of rotatable bonds is 6. The number of carbonyl (C=O) groups excluding carboxylic acids is 4. The first kappa shape index (κ1) is 25.3. The number of hydrogen-bond acceptors (Lipinski definition) is 7. The summed E-state index contributed by atoms with van der Waals surface area (Å²) in [5, 5.41) is 2.41. The molecule has 3 amide bonds. The Morgan fingerprint density at radius 2 is 1.86 bits per heavy atom. The van der Waals surface area contributed by atoms with Crippen LogP contribution in [0.5, 0.6) is 0 Å². The van der Waals surface area contributed by atoms with Gasteiger partial charge in [-0.3, -0.25) is 19.3 Å². The molecule has 0 radical (unpaired) electrons. The van der Waals surface area contributed by atoms with Crippen molar-refractivity contribution >= 4 is 58.1 Å². The Balaban J connectivity index is 1.47. The molecule has 0 saturated carbocycles. The lowest BCUT2D eigenvalue weighted by Gasteiger charge is -2.13. The van der Waals surface area contributed by atoms with E-state index in [0.29, 0.717) is 22.8 Å². The minimum Gasteiger partial charge on any atom is -0.465 e. The normalized spacial score (nSPS) is 14.4. The summed E-state index contributed by atoms with van der Waals surface area (Å²) < 4.78 is 10.5. The summed E-state index contributed by atoms with van der Waals surface area (Å²) in [6.07, 6.45) is 1.44. The van der Waals surface area contributed by atoms with Gasteiger partial charge in [-0.15, -0.1) is 0 Å². The number of amides is 3. The molecule has 36 heavy (non-hydrogen) atoms. The Kier molecular flexibility index (Phi) is 7.32. The molecular formula is C26H21ClN2O6S. The second-order valence-corrected chi connectivity index (χ2v) is 9.40. The first-order valence-electron chi connectivity index (χ1n) is 10.8. The monoisotopic (exact) mass is 524 g/mol. The molecule has 4 rings (SSSR count). The van der Waals surface area contributed by atoms with E-state index >= 15 is 0 Å². The van der Waals surface area contributed by atoms with Crippen LogP contribution in [0.25, 0.3) is 17.4 Å². The molecule has 184 valence electrons. The molecule has 1 aliphatic heterocycles. The van der Waals surface area contributed by atoms with E-state index in [1.807, 2.05) is 26.0 Å². The minimum absolute atomic E-state index is 0.131. The van der Waals surface area contributed by atoms with Gasteiger partial charge in [0.05, 0.1) is 22.6 Å². The Morgan fingerprint density at radius 1 is 1.08 bits per heavy atom. The van der Waals surface area contributed by atoms with E-state index in [0.717, 1.165) is 27.8 Å². The van der Waals surface area contributed by atoms with Gasteiger partial charge in [-0.05, 0) is 79.2 Å². The molecule has 10 heteroatoms. The Labute approximate surface area is 216 Å². The number of hydrogen-bond donors (Lipinski definition) is 1. The highest BCUT2D eigenvalue weighted by Gasteiger charge is 2.36. The van der Waals surface area contributed by atoms with Crippen LogP contribution in [-0.4, -0.2) is 41.6 Å². The van der Waals surface area contributed by atoms with Gasteiger partial charge in [0.15, 0.2) is 0 Å². The standard InChI is InChI=1S/C26H21ClN2O6S/c1-14-4-6-17(10-15(14)2)28-23(30)13-29-24(31)22(36-26(29)33)12-18-7-9-21(35-18)16-5-8-20(27)19(11-16)25(32)34-3/h4-12H,13H2,1-3H3,(H,28,30)/b22-12+. The van der Waals surface area contributed by atoms with Crippen molar-refractivity contribution in [2.45, 2.75) is 13.8 Å². The van der Waals surface area contributed by atoms with Gasteiger partial charge >= 0.3 is 5.97 Å². The summed E-state index contributed by atoms with van der Waals surface area (Å²) >= 11 is 6.79. The summed E-state index contributed by atoms with van der Waals surface area (Å²) in [6.45, 7) is 3.49. The number of ether oxygens (including phenoxy) is 1. The first-order chi connectivity index (χ1) is 17.2. The third kappa shape index (κ3) is 5.37. The van der Waals surface area contributed by atoms with E-state index in [9.17, 15) is 19.2 Å². The van der Waals surface area contributed by atoms with E-state index in [1.54, 1.807) is 36.4 Å². The molecule has 1 aliphatic rings. The SMILES string of the molecule is COC(=O)c1cc(-c2ccc(/C=C3/SC(=O)N(CC(=O)Nc4ccc(C)c(C)c4)C3=O)o2)ccc1Cl. The Hall–Kier alpha value is -3.82. The molecule has 0 atom stereocenters. The van der Waals surface area contributed by atoms with Crippen molar-refractivity contribution in [1.82, 2.24) is 4.90 Å². The zero-order valence-corrected chi connectivity index (χ0v) is 21.2. The van der Waals surface area contributed by atoms with Crippen LogP contribution >= 0.6 is 23.4 Å². The van der Waals surface area contributed by atoms with Gasteiger partial charge < -0.3 is 14.5 Å². The number of imide groups is 1. The molecule has 1 aromatic heterocycles. The van der Waals surface area contributed by atoms with Crippen molar-refractivity contribution in [3.05, 3.63) is 80.9 Å². The van der Waals surface area contributed by atoms with Crippen molar-refractivity contribution < 1.29 is 28.3 Å². The highest BCUT2D eigenvalue weighted by Crippen LogP contribution is 2.34. The number of benzene rings is 2. The van der Waals surface area contributed by atoms with Gasteiger partial charge in [-0.2, -0.15) is 0 Å². The maximum Gasteiger partial charge on any atom is 0.339 e. The molecule has 1 N–H and O–H groups in total. The van der Waals surface area contributed by atoms with Crippen molar-refractivity contribution in [1.29, 1.82) is 0 Å². The maximum atomic E-state index is 12.8. The summed E-state index contributed by atoms with van der Waals surface area (Å²) in [6, 6.07) is 13.5. The first-order valence-corrected chi connectivity index (χ1v) is 12.0. The average Bonchev–Trinajstić information content (AvgIpc) is 3.41. The number of carbonyl (C=O) groups is 4. The largest absolute Gasteiger partial charge is 0.465 e. The number of thioether (sulfide) groups is 1. The zero-order chi connectivity index (χ0) is 26.0. The molecular weight excluding hydrogens is 504 g/mol. The lowest BCUT2D eigenvalue weighted by atomic mass is 10.1. The molecule has 1 fully saturated rings. The molecule has 0 bridgehead atoms. The molecule has 8 nitrogen and oxygen atoms in total. The molecule has 0 aliphatic carbocycles. The number of nitrogens with zero attached hydrogens (tertiary/aromatic N) is 1. The fraction of sp³-hybridized carbons (Fsp3) is 0.154. The molecule has 2 aromatic carbocycles. The summed E-state index contributed by atoms with van der Waals surface area (Å²) in [7, 11) is 1.26. The minimum atomic E-state index is -0.586. The summed E-state index contributed by atoms with van der Waals surface area (Å²) in [5.74, 6) is -0.896. The number of aryl methyl sites for hydroxylation is 2. The van der Waals surface area contributed by atoms with Crippen LogP contribution in [0.2, 0.25) is 5.02 Å². The number of furan rings is 1. The van der Waals surface area contributed by atoms with Crippen LogP contribution in [0.4, 0.5) is 10.5 Å². The third-order valence-electron chi connectivity index (χ3n) is 5.52. The predicted molar refractivity (Wildman–Crippen MR) is 138 cm³/mol. The molecule has 0 unspecified atom stereocenters. The van der Waals surface area contributed by atoms with E-state index in [1.165, 1.54) is 13.2 Å². The van der Waals surface area contributed by atoms with Crippen molar-refractivity contribution in [3.8, 4) is 11.3 Å². The average molecular weight is 525 g/mol. The number of methoxy groups -OCH3 is 1. The summed E-state index contributed by atoms with van der Waals surface area (Å²) in [5.41, 5.74) is 3.46. The van der Waals surface area contributed by atoms with Gasteiger partial charge in [0.1, 0.15) is 18.1 Å². The molecule has 2 heterocycles. The highest BCUT2D eigenvalue weighted by atomic mass is 35.5. The molecule has 3 aromatic rings. The number of nitrogens with one attached hydrogen (secondary N) is 1. The van der Waals surface area contributed by atoms with Crippen molar-refractivity contribution in [2.75, 3.05) is 19.0 Å². The topological polar surface area (TPSA) is 106 Å². The van der Waals surface area contributed by atoms with Crippen LogP contribution in [0, 0.1) is 13.8 Å². The van der Waals surface area contributed by atoms with Crippen molar-refractivity contribution in [3.63, 3.8) is 0 Å². The lowest BCUT2D eigenvalue weighted by molar-refractivity contribution is -0.127. The van der Waals surface area contributed by atoms with Crippen LogP contribution in [-0.2, 0) is 14.3 Å². The van der Waals surface area contributed by atoms with E-state index in [2.05, 4.69) is 5.32 Å². The molecule has 0 spiro atoms. The smallest absolute Gasteiger partial charge is 0.339 e. The number of anilines is 1. The number of esters is 1. The van der Waals surface area contributed by atoms with Gasteiger partial charge in [0.2, 0.25) is 5.91 Å². The van der Waals surface area contributed by atoms with E-state index < -0.39 is 29.6 Å². The predicted octanol–water partition coefficient (Wildman–Crippen LogP) is 5.68. The maximum absolute atomic E-state index is 12.8. The second-order valence-electron chi connectivity index (χ2n) is 8.00. The van der Waals surface area contributed by atoms with Crippen LogP contribution in [0.15, 0.2) is 57.9 Å². The van der Waals surface area contributed by atoms with Crippen LogP contribution < -0.4 is 5.32 Å². The fourth-order valence-electron chi connectivity index (χ4n) is 3.46. The zero-order valence-electron chi connectivity index (χ0n) is 19.6. The molecule has 1 saturated heterocycles. The quantitative estimate of drug-likeness (QED) is 0.326. The van der Waals surface area contributed by atoms with Crippen molar-refractivity contribution in [2.24, 2.45) is 0 Å². The van der Waals surface area contributed by atoms with Gasteiger partial charge in [0, 0.05) is 17.3 Å². The second kappa shape index (κ2) is 10.4. The Bertz CT molecular complexity index is 1430. The highest BCUT2D eigenvalue weighted by molar-refractivity contribution is 8.18. The van der Waals surface area contributed by atoms with Crippen LogP contribution in [0.3, 0.4) is 0 Å². The van der Waals surface area contributed by atoms with Crippen LogP contribution in [0.1, 0.15) is 27.2 Å². The Morgan fingerprint density at radius 3 is 2.58 bits per heavy atom. The number of halogens is 1.